The summed E-state index contributed by atoms with van der Waals surface area (Å²) in [6.07, 6.45) is 0. The number of aromatic nitrogens is 8. The first-order valence-corrected chi connectivity index (χ1v) is 15.4. The smallest absolute Gasteiger partial charge is 0.336 e. The van der Waals surface area contributed by atoms with Gasteiger partial charge in [0.2, 0.25) is 0 Å². The van der Waals surface area contributed by atoms with Crippen LogP contribution in [-0.2, 0) is 0 Å². The molecule has 16 nitrogen and oxygen atoms in total. The van der Waals surface area contributed by atoms with Gasteiger partial charge >= 0.3 is 23.9 Å². The van der Waals surface area contributed by atoms with Gasteiger partial charge in [0.1, 0.15) is 22.6 Å². The highest BCUT2D eigenvalue weighted by Crippen LogP contribution is 2.38. The van der Waals surface area contributed by atoms with Crippen LogP contribution in [0.1, 0.15) is 41.4 Å². The molecule has 0 saturated heterocycles. The summed E-state index contributed by atoms with van der Waals surface area (Å²) in [4.78, 5) is 83.1. The Morgan fingerprint density at radius 2 is 0.808 bits per heavy atom. The highest BCUT2D eigenvalue weighted by Gasteiger charge is 2.27. The number of nitrogens with zero attached hydrogens (tertiary/aromatic N) is 6. The van der Waals surface area contributed by atoms with Crippen molar-refractivity contribution in [3.8, 4) is 45.6 Å². The third-order valence-corrected chi connectivity index (χ3v) is 8.83. The molecule has 6 N–H and O–H groups in total. The van der Waals surface area contributed by atoms with E-state index in [2.05, 4.69) is 15.0 Å². The van der Waals surface area contributed by atoms with Crippen molar-refractivity contribution in [3.63, 3.8) is 0 Å². The van der Waals surface area contributed by atoms with Gasteiger partial charge in [-0.3, -0.25) is 0 Å². The van der Waals surface area contributed by atoms with E-state index < -0.39 is 35.0 Å². The summed E-state index contributed by atoms with van der Waals surface area (Å²) in [5.41, 5.74) is 1.16. The topological polar surface area (TPSA) is 258 Å². The van der Waals surface area contributed by atoms with Crippen molar-refractivity contribution in [2.45, 2.75) is 0 Å². The molecule has 0 radical (unpaired) electrons. The summed E-state index contributed by atoms with van der Waals surface area (Å²) >= 11 is 0. The Balaban J connectivity index is 1.48. The third kappa shape index (κ3) is 4.55. The van der Waals surface area contributed by atoms with Gasteiger partial charge in [-0.25, -0.2) is 49.1 Å². The van der Waals surface area contributed by atoms with Gasteiger partial charge in [-0.05, 0) is 48.5 Å². The van der Waals surface area contributed by atoms with Crippen LogP contribution in [0.5, 0.6) is 0 Å². The van der Waals surface area contributed by atoms with Crippen LogP contribution in [0.2, 0.25) is 0 Å². The number of carboxylic acid groups (broad SMARTS) is 4. The quantitative estimate of drug-likeness (QED) is 0.130. The molecule has 250 valence electrons. The Labute approximate surface area is 287 Å². The molecule has 0 atom stereocenters. The zero-order valence-corrected chi connectivity index (χ0v) is 26.0. The van der Waals surface area contributed by atoms with Gasteiger partial charge in [-0.1, -0.05) is 24.3 Å². The molecule has 7 aromatic rings. The van der Waals surface area contributed by atoms with Crippen molar-refractivity contribution in [1.82, 2.24) is 39.9 Å². The van der Waals surface area contributed by atoms with Crippen LogP contribution in [0.4, 0.5) is 0 Å². The second kappa shape index (κ2) is 10.8. The zero-order valence-electron chi connectivity index (χ0n) is 26.0. The fourth-order valence-corrected chi connectivity index (χ4v) is 6.41. The highest BCUT2D eigenvalue weighted by molar-refractivity contribution is 6.09. The second-order valence-corrected chi connectivity index (χ2v) is 11.8. The Hall–Kier alpha value is -7.88. The summed E-state index contributed by atoms with van der Waals surface area (Å²) in [5.74, 6) is -4.96. The average Bonchev–Trinajstić information content (AvgIpc) is 3.85. The molecule has 3 aromatic heterocycles. The number of hydrogen-bond acceptors (Lipinski definition) is 10. The van der Waals surface area contributed by atoms with Gasteiger partial charge in [0.05, 0.1) is 22.3 Å². The van der Waals surface area contributed by atoms with E-state index in [4.69, 9.17) is 24.9 Å². The van der Waals surface area contributed by atoms with E-state index in [-0.39, 0.29) is 62.5 Å². The molecule has 2 aliphatic rings. The number of aromatic carboxylic acids is 4. The molecule has 0 saturated carbocycles. The Kier molecular flexibility index (Phi) is 6.28. The number of rotatable bonds is 4. The molecular weight excluding hydrogens is 672 g/mol. The number of aromatic amines is 2. The van der Waals surface area contributed by atoms with Gasteiger partial charge in [-0.15, -0.1) is 0 Å². The predicted octanol–water partition coefficient (Wildman–Crippen LogP) is 5.66. The summed E-state index contributed by atoms with van der Waals surface area (Å²) < 4.78 is 0. The molecule has 0 fully saturated rings. The van der Waals surface area contributed by atoms with Crippen LogP contribution in [0.3, 0.4) is 0 Å². The summed E-state index contributed by atoms with van der Waals surface area (Å²) in [6, 6.07) is 18.3. The van der Waals surface area contributed by atoms with Crippen molar-refractivity contribution in [1.29, 1.82) is 0 Å². The van der Waals surface area contributed by atoms with Crippen molar-refractivity contribution in [2.75, 3.05) is 0 Å². The molecule has 0 spiro atoms. The lowest BCUT2D eigenvalue weighted by Gasteiger charge is -2.05. The Bertz CT molecular complexity index is 3000. The number of fused-ring (bicyclic) bond motifs is 20. The maximum atomic E-state index is 12.2. The fourth-order valence-electron chi connectivity index (χ4n) is 6.41. The molecule has 0 aliphatic carbocycles. The number of carboxylic acids is 4. The van der Waals surface area contributed by atoms with Crippen molar-refractivity contribution >= 4 is 68.0 Å². The molecule has 0 unspecified atom stereocenters. The number of nitrogens with one attached hydrogen (secondary N) is 2. The molecule has 4 aromatic carbocycles. The molecule has 16 heteroatoms. The minimum atomic E-state index is -1.47. The number of benzene rings is 4. The molecule has 9 rings (SSSR count). The number of carbonyl (C=O) groups is 4. The number of H-pyrrole nitrogens is 2. The molecule has 5 heterocycles. The lowest BCUT2D eigenvalue weighted by atomic mass is 9.98. The van der Waals surface area contributed by atoms with Crippen molar-refractivity contribution in [2.24, 2.45) is 0 Å². The summed E-state index contributed by atoms with van der Waals surface area (Å²) in [7, 11) is 0. The van der Waals surface area contributed by atoms with Crippen LogP contribution in [0, 0.1) is 0 Å². The van der Waals surface area contributed by atoms with Gasteiger partial charge in [0, 0.05) is 43.8 Å². The molecular formula is C36H18N8O8. The molecule has 8 bridgehead atoms. The maximum absolute atomic E-state index is 12.2. The van der Waals surface area contributed by atoms with E-state index in [0.717, 1.165) is 0 Å². The van der Waals surface area contributed by atoms with E-state index in [1.54, 1.807) is 30.3 Å². The van der Waals surface area contributed by atoms with Crippen molar-refractivity contribution < 1.29 is 39.6 Å². The Morgan fingerprint density at radius 3 is 1.29 bits per heavy atom. The molecule has 52 heavy (non-hydrogen) atoms. The molecule has 0 amide bonds. The lowest BCUT2D eigenvalue weighted by Crippen LogP contribution is -2.08. The van der Waals surface area contributed by atoms with Crippen molar-refractivity contribution in [3.05, 3.63) is 95.1 Å². The normalized spacial score (nSPS) is 11.7. The number of hydrogen-bond donors (Lipinski definition) is 6. The van der Waals surface area contributed by atoms with Gasteiger partial charge in [0.25, 0.3) is 0 Å². The maximum Gasteiger partial charge on any atom is 0.336 e. The lowest BCUT2D eigenvalue weighted by molar-refractivity contribution is 0.0651. The van der Waals surface area contributed by atoms with E-state index in [9.17, 15) is 39.6 Å². The first-order chi connectivity index (χ1) is 25.0. The first-order valence-electron chi connectivity index (χ1n) is 15.4. The minimum absolute atomic E-state index is 0.00145. The van der Waals surface area contributed by atoms with E-state index in [1.165, 1.54) is 42.5 Å². The van der Waals surface area contributed by atoms with Crippen LogP contribution in [0.25, 0.3) is 89.7 Å². The second-order valence-electron chi connectivity index (χ2n) is 11.8. The Morgan fingerprint density at radius 1 is 0.404 bits per heavy atom. The van der Waals surface area contributed by atoms with Gasteiger partial charge in [-0.2, -0.15) is 0 Å². The largest absolute Gasteiger partial charge is 0.478 e. The monoisotopic (exact) mass is 690 g/mol. The third-order valence-electron chi connectivity index (χ3n) is 8.83. The van der Waals surface area contributed by atoms with E-state index >= 15 is 0 Å². The predicted molar refractivity (Wildman–Crippen MR) is 184 cm³/mol. The first kappa shape index (κ1) is 30.2. The summed E-state index contributed by atoms with van der Waals surface area (Å²) in [6.45, 7) is 0. The van der Waals surface area contributed by atoms with Crippen LogP contribution >= 0.6 is 0 Å². The molecule has 2 aliphatic heterocycles. The van der Waals surface area contributed by atoms with Gasteiger partial charge in [0.15, 0.2) is 23.3 Å². The van der Waals surface area contributed by atoms with Gasteiger partial charge < -0.3 is 30.4 Å². The van der Waals surface area contributed by atoms with E-state index in [1.807, 2.05) is 0 Å². The SMILES string of the molecule is O=C(O)c1ccc2c(c1)-c1nc-2nc2[nH]c(nc3nc(nc4[nH]c(n1)c1ccccc41)-c1cc(C(=O)O)c(C(=O)O)cc1-3)c1ccc(C(=O)O)cc21. The van der Waals surface area contributed by atoms with E-state index in [0.29, 0.717) is 38.3 Å². The highest BCUT2D eigenvalue weighted by atomic mass is 16.4. The summed E-state index contributed by atoms with van der Waals surface area (Å²) in [5, 5.41) is 41.4. The fraction of sp³-hybridized carbons (Fsp3) is 0. The zero-order chi connectivity index (χ0) is 36.0. The van der Waals surface area contributed by atoms with Crippen LogP contribution in [0.15, 0.2) is 72.8 Å². The van der Waals surface area contributed by atoms with Crippen LogP contribution < -0.4 is 0 Å². The average molecular weight is 691 g/mol. The minimum Gasteiger partial charge on any atom is -0.478 e. The van der Waals surface area contributed by atoms with Crippen LogP contribution in [-0.4, -0.2) is 84.2 Å². The standard InChI is InChI=1S/C36H18N8O8/c45-33(46)13-5-7-17-19(9-13)29-38-25-15-3-1-2-4-16(15)26(37-25)39-31-21-11-23(35(49)50)24(36(51)52)12-22(21)32(44-31)43-28-18-8-6-14(34(47)48)10-20(18)30(42-28)41-27(17)40-29/h1-12H,(H,45,46)(H,47,48)(H,49,50)(H,51,52)(H2,37,38,39,40,41,42,43,44).